The average molecular weight is 585 g/mol. The summed E-state index contributed by atoms with van der Waals surface area (Å²) in [6.45, 7) is 3.94. The van der Waals surface area contributed by atoms with E-state index in [9.17, 15) is 9.59 Å². The molecule has 0 saturated heterocycles. The molecule has 0 spiro atoms. The average Bonchev–Trinajstić information content (AvgIpc) is 3.65. The number of anilines is 2. The molecule has 2 amide bonds. The van der Waals surface area contributed by atoms with Crippen LogP contribution in [0.25, 0.3) is 11.3 Å². The Morgan fingerprint density at radius 1 is 0.952 bits per heavy atom. The first kappa shape index (κ1) is 29.1. The van der Waals surface area contributed by atoms with Gasteiger partial charge >= 0.3 is 0 Å². The summed E-state index contributed by atoms with van der Waals surface area (Å²) in [6.07, 6.45) is 3.99. The van der Waals surface area contributed by atoms with Gasteiger partial charge in [0, 0.05) is 17.3 Å². The number of carbonyl (C=O) groups excluding carboxylic acids is 2. The van der Waals surface area contributed by atoms with Gasteiger partial charge in [-0.2, -0.15) is 4.37 Å². The molecule has 0 radical (unpaired) electrons. The molecule has 42 heavy (non-hydrogen) atoms. The van der Waals surface area contributed by atoms with Crippen LogP contribution >= 0.6 is 11.5 Å². The Kier molecular flexibility index (Phi) is 8.77. The number of nitrogen functional groups attached to an aromatic ring is 1. The highest BCUT2D eigenvalue weighted by Crippen LogP contribution is 2.38. The highest BCUT2D eigenvalue weighted by atomic mass is 32.1. The van der Waals surface area contributed by atoms with Gasteiger partial charge in [0.2, 0.25) is 5.91 Å². The first-order chi connectivity index (χ1) is 20.3. The smallest absolute Gasteiger partial charge is 0.273 e. The minimum absolute atomic E-state index is 0.0736. The van der Waals surface area contributed by atoms with Crippen LogP contribution < -0.4 is 25.4 Å². The van der Waals surface area contributed by atoms with E-state index in [0.29, 0.717) is 28.4 Å². The van der Waals surface area contributed by atoms with Gasteiger partial charge in [0.1, 0.15) is 28.1 Å². The first-order valence-electron chi connectivity index (χ1n) is 14.1. The second kappa shape index (κ2) is 12.7. The number of hydrogen-bond acceptors (Lipinski definition) is 7. The Hall–Kier alpha value is -4.37. The molecule has 1 saturated carbocycles. The predicted octanol–water partition coefficient (Wildman–Crippen LogP) is 6.47. The number of carbonyl (C=O) groups is 2. The molecule has 5 rings (SSSR count). The van der Waals surface area contributed by atoms with Gasteiger partial charge in [-0.3, -0.25) is 14.5 Å². The molecule has 1 aliphatic carbocycles. The summed E-state index contributed by atoms with van der Waals surface area (Å²) in [6, 6.07) is 19.6. The zero-order valence-corrected chi connectivity index (χ0v) is 25.2. The van der Waals surface area contributed by atoms with E-state index in [-0.39, 0.29) is 28.4 Å². The first-order valence-corrected chi connectivity index (χ1v) is 14.8. The number of nitrogens with two attached hydrogens (primary N) is 1. The summed E-state index contributed by atoms with van der Waals surface area (Å²) in [5, 5.41) is 3.23. The van der Waals surface area contributed by atoms with E-state index < -0.39 is 6.04 Å². The topological polar surface area (TPSA) is 107 Å². The SMILES string of the molecule is COc1ccc(-c2nsc(C(=O)N(c3ccc(C)cc3C)[C@@H](C(=O)NC3CCCC3)c3ccc(OC)cc3)c2N)cc1. The molecule has 218 valence electrons. The molecule has 3 aromatic carbocycles. The maximum atomic E-state index is 14.6. The third-order valence-electron chi connectivity index (χ3n) is 7.76. The van der Waals surface area contributed by atoms with E-state index in [4.69, 9.17) is 15.2 Å². The fraction of sp³-hybridized carbons (Fsp3) is 0.303. The lowest BCUT2D eigenvalue weighted by atomic mass is 10.00. The van der Waals surface area contributed by atoms with Crippen molar-refractivity contribution in [2.75, 3.05) is 24.9 Å². The number of rotatable bonds is 9. The van der Waals surface area contributed by atoms with Crippen molar-refractivity contribution in [2.24, 2.45) is 0 Å². The van der Waals surface area contributed by atoms with Crippen LogP contribution in [0.2, 0.25) is 0 Å². The van der Waals surface area contributed by atoms with Crippen LogP contribution in [-0.4, -0.2) is 36.4 Å². The standard InChI is InChI=1S/C33H36N4O4S/c1-20-9-18-27(21(2)19-20)37(33(39)31-28(34)29(36-42-31)22-10-14-25(40-3)15-11-22)30(23-12-16-26(41-4)17-13-23)32(38)35-24-7-5-6-8-24/h9-19,24,30H,5-8,34H2,1-4H3,(H,35,38)/t30-/m1/s1. The molecule has 9 heteroatoms. The third-order valence-corrected chi connectivity index (χ3v) is 8.61. The molecular formula is C33H36N4O4S. The summed E-state index contributed by atoms with van der Waals surface area (Å²) < 4.78 is 15.2. The third kappa shape index (κ3) is 5.97. The maximum Gasteiger partial charge on any atom is 0.273 e. The number of amides is 2. The number of aromatic nitrogens is 1. The Bertz CT molecular complexity index is 1560. The fourth-order valence-electron chi connectivity index (χ4n) is 5.51. The number of benzene rings is 3. The van der Waals surface area contributed by atoms with Crippen LogP contribution in [0.4, 0.5) is 11.4 Å². The van der Waals surface area contributed by atoms with Crippen molar-refractivity contribution < 1.29 is 19.1 Å². The number of hydrogen-bond donors (Lipinski definition) is 2. The van der Waals surface area contributed by atoms with Gasteiger partial charge in [-0.05, 0) is 91.8 Å². The van der Waals surface area contributed by atoms with Gasteiger partial charge in [-0.15, -0.1) is 0 Å². The summed E-state index contributed by atoms with van der Waals surface area (Å²) in [7, 11) is 3.20. The van der Waals surface area contributed by atoms with Crippen molar-refractivity contribution in [2.45, 2.75) is 51.6 Å². The van der Waals surface area contributed by atoms with Crippen LogP contribution in [0.15, 0.2) is 66.7 Å². The quantitative estimate of drug-likeness (QED) is 0.233. The highest BCUT2D eigenvalue weighted by molar-refractivity contribution is 7.09. The normalized spacial score (nSPS) is 13.9. The molecule has 4 aromatic rings. The molecular weight excluding hydrogens is 548 g/mol. The molecule has 1 aromatic heterocycles. The molecule has 1 heterocycles. The summed E-state index contributed by atoms with van der Waals surface area (Å²) in [5.41, 5.74) is 11.4. The molecule has 8 nitrogen and oxygen atoms in total. The number of aryl methyl sites for hydroxylation is 2. The minimum atomic E-state index is -0.948. The van der Waals surface area contributed by atoms with Gasteiger partial charge in [-0.1, -0.05) is 42.7 Å². The van der Waals surface area contributed by atoms with Crippen molar-refractivity contribution in [3.05, 3.63) is 88.3 Å². The van der Waals surface area contributed by atoms with Gasteiger partial charge in [0.05, 0.1) is 19.9 Å². The second-order valence-electron chi connectivity index (χ2n) is 10.6. The Morgan fingerprint density at radius 2 is 1.57 bits per heavy atom. The van der Waals surface area contributed by atoms with E-state index in [2.05, 4.69) is 9.69 Å². The van der Waals surface area contributed by atoms with Crippen LogP contribution in [0.3, 0.4) is 0 Å². The monoisotopic (exact) mass is 584 g/mol. The second-order valence-corrected chi connectivity index (χ2v) is 11.4. The maximum absolute atomic E-state index is 14.6. The van der Waals surface area contributed by atoms with Crippen molar-refractivity contribution >= 4 is 34.7 Å². The molecule has 1 aliphatic rings. The Balaban J connectivity index is 1.63. The molecule has 1 atom stereocenters. The van der Waals surface area contributed by atoms with Crippen molar-refractivity contribution in [3.8, 4) is 22.8 Å². The number of ether oxygens (including phenoxy) is 2. The molecule has 0 bridgehead atoms. The van der Waals surface area contributed by atoms with Crippen LogP contribution in [0.1, 0.15) is 58.1 Å². The zero-order chi connectivity index (χ0) is 29.8. The summed E-state index contributed by atoms with van der Waals surface area (Å²) >= 11 is 1.04. The van der Waals surface area contributed by atoms with E-state index in [0.717, 1.165) is 53.9 Å². The number of nitrogens with one attached hydrogen (secondary N) is 1. The lowest BCUT2D eigenvalue weighted by Crippen LogP contribution is -2.46. The van der Waals surface area contributed by atoms with Crippen molar-refractivity contribution in [1.82, 2.24) is 9.69 Å². The van der Waals surface area contributed by atoms with E-state index in [1.807, 2.05) is 68.4 Å². The van der Waals surface area contributed by atoms with E-state index in [1.165, 1.54) is 0 Å². The molecule has 0 aliphatic heterocycles. The van der Waals surface area contributed by atoms with Gasteiger partial charge < -0.3 is 20.5 Å². The molecule has 1 fully saturated rings. The fourth-order valence-corrected chi connectivity index (χ4v) is 6.27. The lowest BCUT2D eigenvalue weighted by Gasteiger charge is -2.33. The Morgan fingerprint density at radius 3 is 2.17 bits per heavy atom. The van der Waals surface area contributed by atoms with Crippen LogP contribution in [0.5, 0.6) is 11.5 Å². The van der Waals surface area contributed by atoms with E-state index in [1.54, 1.807) is 31.3 Å². The van der Waals surface area contributed by atoms with Crippen molar-refractivity contribution in [1.29, 1.82) is 0 Å². The summed E-state index contributed by atoms with van der Waals surface area (Å²) in [5.74, 6) is 0.743. The highest BCUT2D eigenvalue weighted by Gasteiger charge is 2.37. The van der Waals surface area contributed by atoms with Crippen LogP contribution in [0, 0.1) is 13.8 Å². The van der Waals surface area contributed by atoms with Crippen molar-refractivity contribution in [3.63, 3.8) is 0 Å². The number of methoxy groups -OCH3 is 2. The van der Waals surface area contributed by atoms with Crippen LogP contribution in [-0.2, 0) is 4.79 Å². The zero-order valence-electron chi connectivity index (χ0n) is 24.3. The predicted molar refractivity (Wildman–Crippen MR) is 167 cm³/mol. The molecule has 0 unspecified atom stereocenters. The largest absolute Gasteiger partial charge is 0.497 e. The van der Waals surface area contributed by atoms with E-state index >= 15 is 0 Å². The van der Waals surface area contributed by atoms with Gasteiger partial charge in [0.15, 0.2) is 0 Å². The number of nitrogens with zero attached hydrogens (tertiary/aromatic N) is 2. The lowest BCUT2D eigenvalue weighted by molar-refractivity contribution is -0.123. The minimum Gasteiger partial charge on any atom is -0.497 e. The Labute approximate surface area is 250 Å². The van der Waals surface area contributed by atoms with Gasteiger partial charge in [0.25, 0.3) is 5.91 Å². The summed E-state index contributed by atoms with van der Waals surface area (Å²) in [4.78, 5) is 30.6. The van der Waals surface area contributed by atoms with Gasteiger partial charge in [-0.25, -0.2) is 0 Å². The molecule has 3 N–H and O–H groups in total.